The topological polar surface area (TPSA) is 44.8 Å². The van der Waals surface area contributed by atoms with Gasteiger partial charge in [0.05, 0.1) is 23.9 Å². The van der Waals surface area contributed by atoms with Crippen LogP contribution in [0.5, 0.6) is 0 Å². The number of allylic oxidation sites excluding steroid dienone is 1. The van der Waals surface area contributed by atoms with E-state index in [0.29, 0.717) is 12.8 Å². The number of rotatable bonds is 7. The number of ketones is 1. The fraction of sp³-hybridized carbons (Fsp3) is 0.531. The minimum absolute atomic E-state index is 0.0267. The number of hydrogen-bond donors (Lipinski definition) is 0. The average molecular weight is 551 g/mol. The molecular weight excluding hydrogens is 505 g/mol. The molecule has 0 aliphatic heterocycles. The van der Waals surface area contributed by atoms with Gasteiger partial charge in [-0.05, 0) is 39.6 Å². The molecule has 2 aliphatic rings. The SMILES string of the molecule is CO[C@H]1C=C(O[Si](C)(C)C(C)(C)C)C[C@H]2[C@@H]1C(=O)C[C@@H]2O[Si](c1ccccc1)(c1ccccc1)C(C)(C)C. The Hall–Kier alpha value is -2.00. The van der Waals surface area contributed by atoms with Crippen molar-refractivity contribution in [2.45, 2.75) is 89.8 Å². The lowest BCUT2D eigenvalue weighted by Crippen LogP contribution is -2.68. The van der Waals surface area contributed by atoms with Gasteiger partial charge in [-0.25, -0.2) is 0 Å². The van der Waals surface area contributed by atoms with Gasteiger partial charge in [-0.1, -0.05) is 102 Å². The van der Waals surface area contributed by atoms with Crippen molar-refractivity contribution in [2.75, 3.05) is 7.11 Å². The standard InChI is InChI=1S/C32H46O4Si2/c1-31(2,3)37(8,9)35-23-20-26-28(22-27(33)30(26)29(21-23)34-7)36-38(32(4,5)6,24-16-12-10-13-17-24)25-18-14-11-15-19-25/h10-19,21,26,28-30H,20,22H2,1-9H3/t26-,28+,29+,30-/m1/s1. The molecular formula is C32H46O4Si2. The van der Waals surface area contributed by atoms with Gasteiger partial charge in [0, 0.05) is 25.9 Å². The second kappa shape index (κ2) is 10.5. The highest BCUT2D eigenvalue weighted by Gasteiger charge is 2.57. The van der Waals surface area contributed by atoms with Crippen LogP contribution in [0.1, 0.15) is 54.4 Å². The maximum absolute atomic E-state index is 13.5. The Morgan fingerprint density at radius 3 is 1.76 bits per heavy atom. The fourth-order valence-electron chi connectivity index (χ4n) is 6.05. The molecule has 4 rings (SSSR count). The van der Waals surface area contributed by atoms with Gasteiger partial charge in [0.15, 0.2) is 0 Å². The predicted octanol–water partition coefficient (Wildman–Crippen LogP) is 6.46. The zero-order chi connectivity index (χ0) is 27.9. The molecule has 2 aromatic rings. The van der Waals surface area contributed by atoms with Crippen LogP contribution in [-0.2, 0) is 18.4 Å². The first-order valence-corrected chi connectivity index (χ1v) is 18.8. The molecule has 0 saturated heterocycles. The predicted molar refractivity (Wildman–Crippen MR) is 161 cm³/mol. The number of benzene rings is 2. The first-order chi connectivity index (χ1) is 17.7. The Morgan fingerprint density at radius 1 is 0.789 bits per heavy atom. The van der Waals surface area contributed by atoms with E-state index in [0.717, 1.165) is 5.76 Å². The number of methoxy groups -OCH3 is 1. The van der Waals surface area contributed by atoms with Crippen molar-refractivity contribution in [1.82, 2.24) is 0 Å². The highest BCUT2D eigenvalue weighted by Crippen LogP contribution is 2.48. The van der Waals surface area contributed by atoms with Crippen molar-refractivity contribution in [3.63, 3.8) is 0 Å². The molecule has 1 saturated carbocycles. The van der Waals surface area contributed by atoms with Crippen LogP contribution < -0.4 is 10.4 Å². The minimum atomic E-state index is -2.80. The van der Waals surface area contributed by atoms with Crippen LogP contribution >= 0.6 is 0 Å². The van der Waals surface area contributed by atoms with Crippen LogP contribution in [0.3, 0.4) is 0 Å². The first kappa shape index (κ1) is 29.0. The van der Waals surface area contributed by atoms with Crippen molar-refractivity contribution in [2.24, 2.45) is 11.8 Å². The maximum atomic E-state index is 13.5. The van der Waals surface area contributed by atoms with E-state index in [-0.39, 0.29) is 39.9 Å². The third-order valence-corrected chi connectivity index (χ3v) is 18.5. The second-order valence-electron chi connectivity index (χ2n) is 13.6. The van der Waals surface area contributed by atoms with Crippen molar-refractivity contribution in [1.29, 1.82) is 0 Å². The molecule has 206 valence electrons. The lowest BCUT2D eigenvalue weighted by Gasteiger charge is -2.46. The summed E-state index contributed by atoms with van der Waals surface area (Å²) in [4.78, 5) is 13.5. The second-order valence-corrected chi connectivity index (χ2v) is 22.6. The van der Waals surface area contributed by atoms with E-state index >= 15 is 0 Å². The summed E-state index contributed by atoms with van der Waals surface area (Å²) in [5.74, 6) is 1.04. The van der Waals surface area contributed by atoms with Crippen LogP contribution in [0.15, 0.2) is 72.5 Å². The molecule has 38 heavy (non-hydrogen) atoms. The van der Waals surface area contributed by atoms with E-state index in [1.807, 2.05) is 0 Å². The number of carbonyl (C=O) groups is 1. The molecule has 0 heterocycles. The van der Waals surface area contributed by atoms with Crippen molar-refractivity contribution in [3.05, 3.63) is 72.5 Å². The van der Waals surface area contributed by atoms with E-state index in [9.17, 15) is 4.79 Å². The zero-order valence-electron chi connectivity index (χ0n) is 24.7. The van der Waals surface area contributed by atoms with Crippen LogP contribution in [0.25, 0.3) is 0 Å². The van der Waals surface area contributed by atoms with E-state index in [1.54, 1.807) is 7.11 Å². The molecule has 6 heteroatoms. The summed E-state index contributed by atoms with van der Waals surface area (Å²) in [5, 5.41) is 2.41. The summed E-state index contributed by atoms with van der Waals surface area (Å²) < 4.78 is 20.2. The molecule has 0 bridgehead atoms. The molecule has 0 aromatic heterocycles. The summed E-state index contributed by atoms with van der Waals surface area (Å²) in [7, 11) is -3.13. The normalized spacial score (nSPS) is 24.7. The third-order valence-electron chi connectivity index (χ3n) is 9.06. The lowest BCUT2D eigenvalue weighted by atomic mass is 9.81. The van der Waals surface area contributed by atoms with Crippen LogP contribution in [-0.4, -0.2) is 41.7 Å². The monoisotopic (exact) mass is 550 g/mol. The quantitative estimate of drug-likeness (QED) is 0.371. The van der Waals surface area contributed by atoms with Gasteiger partial charge >= 0.3 is 0 Å². The molecule has 2 aliphatic carbocycles. The van der Waals surface area contributed by atoms with Gasteiger partial charge in [0.25, 0.3) is 8.32 Å². The van der Waals surface area contributed by atoms with Gasteiger partial charge in [-0.15, -0.1) is 0 Å². The third kappa shape index (κ3) is 5.25. The Bertz CT molecular complexity index is 1110. The van der Waals surface area contributed by atoms with Crippen LogP contribution in [0.2, 0.25) is 23.2 Å². The van der Waals surface area contributed by atoms with Crippen molar-refractivity contribution < 1.29 is 18.4 Å². The van der Waals surface area contributed by atoms with E-state index in [4.69, 9.17) is 13.6 Å². The Kier molecular flexibility index (Phi) is 8.03. The van der Waals surface area contributed by atoms with Gasteiger partial charge in [-0.2, -0.15) is 0 Å². The Morgan fingerprint density at radius 2 is 1.32 bits per heavy atom. The molecule has 1 fully saturated rings. The van der Waals surface area contributed by atoms with Crippen molar-refractivity contribution >= 4 is 32.8 Å². The highest BCUT2D eigenvalue weighted by atomic mass is 28.4. The van der Waals surface area contributed by atoms with Crippen LogP contribution in [0.4, 0.5) is 0 Å². The Labute approximate surface area is 232 Å². The number of fused-ring (bicyclic) bond motifs is 1. The number of hydrogen-bond acceptors (Lipinski definition) is 4. The molecule has 0 unspecified atom stereocenters. The molecule has 4 nitrogen and oxygen atoms in total. The van der Waals surface area contributed by atoms with Gasteiger partial charge in [0.1, 0.15) is 5.78 Å². The number of Topliss-reactive ketones (excluding diaryl/α,β-unsaturated/α-hetero) is 1. The molecule has 0 radical (unpaired) electrons. The van der Waals surface area contributed by atoms with Gasteiger partial charge < -0.3 is 13.6 Å². The Balaban J connectivity index is 1.77. The van der Waals surface area contributed by atoms with E-state index < -0.39 is 16.6 Å². The summed E-state index contributed by atoms with van der Waals surface area (Å²) in [6.07, 6.45) is 2.73. The summed E-state index contributed by atoms with van der Waals surface area (Å²) in [5.41, 5.74) is 0. The average Bonchev–Trinajstić information content (AvgIpc) is 3.16. The largest absolute Gasteiger partial charge is 0.547 e. The summed E-state index contributed by atoms with van der Waals surface area (Å²) in [6, 6.07) is 21.4. The van der Waals surface area contributed by atoms with E-state index in [2.05, 4.69) is 121 Å². The van der Waals surface area contributed by atoms with Crippen LogP contribution in [0, 0.1) is 11.8 Å². The number of ether oxygens (including phenoxy) is 1. The molecule has 2 aromatic carbocycles. The molecule has 0 N–H and O–H groups in total. The maximum Gasteiger partial charge on any atom is 0.261 e. The molecule has 4 atom stereocenters. The molecule has 0 spiro atoms. The molecule has 0 amide bonds. The summed E-state index contributed by atoms with van der Waals surface area (Å²) in [6.45, 7) is 18.2. The fourth-order valence-corrected chi connectivity index (χ4v) is 11.9. The van der Waals surface area contributed by atoms with Crippen molar-refractivity contribution in [3.8, 4) is 0 Å². The minimum Gasteiger partial charge on any atom is -0.547 e. The van der Waals surface area contributed by atoms with Gasteiger partial charge in [-0.3, -0.25) is 4.79 Å². The number of carbonyl (C=O) groups excluding carboxylic acids is 1. The van der Waals surface area contributed by atoms with E-state index in [1.165, 1.54) is 10.4 Å². The lowest BCUT2D eigenvalue weighted by molar-refractivity contribution is -0.124. The highest BCUT2D eigenvalue weighted by molar-refractivity contribution is 6.99. The first-order valence-electron chi connectivity index (χ1n) is 14.0. The summed E-state index contributed by atoms with van der Waals surface area (Å²) >= 11 is 0. The smallest absolute Gasteiger partial charge is 0.261 e. The zero-order valence-corrected chi connectivity index (χ0v) is 26.7. The van der Waals surface area contributed by atoms with Gasteiger partial charge in [0.2, 0.25) is 8.32 Å².